The molecule has 0 fully saturated rings. The van der Waals surface area contributed by atoms with Crippen LogP contribution in [-0.2, 0) is 0 Å². The number of ether oxygens (including phenoxy) is 2. The Labute approximate surface area is 117 Å². The van der Waals surface area contributed by atoms with Gasteiger partial charge >= 0.3 is 0 Å². The zero-order valence-electron chi connectivity index (χ0n) is 10.8. The topological polar surface area (TPSA) is 57.4 Å². The van der Waals surface area contributed by atoms with E-state index in [0.29, 0.717) is 16.5 Å². The number of hydrogen-bond donors (Lipinski definition) is 1. The van der Waals surface area contributed by atoms with Crippen LogP contribution in [0, 0.1) is 0 Å². The summed E-state index contributed by atoms with van der Waals surface area (Å²) in [5.74, 6) is 1.32. The summed E-state index contributed by atoms with van der Waals surface area (Å²) in [6, 6.07) is 6.88. The fraction of sp³-hybridized carbons (Fsp3) is 0.214. The van der Waals surface area contributed by atoms with Gasteiger partial charge in [0.2, 0.25) is 0 Å². The molecule has 2 N–H and O–H groups in total. The van der Waals surface area contributed by atoms with Crippen molar-refractivity contribution in [2.75, 3.05) is 14.2 Å². The Morgan fingerprint density at radius 2 is 1.95 bits per heavy atom. The summed E-state index contributed by atoms with van der Waals surface area (Å²) in [6.45, 7) is 0. The molecule has 0 aliphatic heterocycles. The maximum atomic E-state index is 6.25. The Hall–Kier alpha value is -1.78. The third kappa shape index (κ3) is 2.97. The third-order valence-corrected chi connectivity index (χ3v) is 3.09. The van der Waals surface area contributed by atoms with Gasteiger partial charge in [-0.05, 0) is 23.8 Å². The van der Waals surface area contributed by atoms with E-state index in [0.717, 1.165) is 11.1 Å². The van der Waals surface area contributed by atoms with Crippen molar-refractivity contribution in [1.29, 1.82) is 0 Å². The average Bonchev–Trinajstić information content (AvgIpc) is 2.46. The van der Waals surface area contributed by atoms with Gasteiger partial charge in [-0.15, -0.1) is 0 Å². The summed E-state index contributed by atoms with van der Waals surface area (Å²) < 4.78 is 10.5. The van der Waals surface area contributed by atoms with Crippen LogP contribution in [0.4, 0.5) is 0 Å². The van der Waals surface area contributed by atoms with Crippen molar-refractivity contribution < 1.29 is 9.47 Å². The maximum Gasteiger partial charge on any atom is 0.137 e. The van der Waals surface area contributed by atoms with Gasteiger partial charge in [0.15, 0.2) is 0 Å². The highest BCUT2D eigenvalue weighted by Crippen LogP contribution is 2.31. The van der Waals surface area contributed by atoms with E-state index < -0.39 is 0 Å². The molecule has 2 rings (SSSR count). The lowest BCUT2D eigenvalue weighted by molar-refractivity contribution is 0.406. The highest BCUT2D eigenvalue weighted by atomic mass is 35.5. The molecule has 0 amide bonds. The monoisotopic (exact) mass is 278 g/mol. The Balaban J connectivity index is 2.40. The molecule has 4 nitrogen and oxygen atoms in total. The van der Waals surface area contributed by atoms with E-state index in [2.05, 4.69) is 4.98 Å². The Morgan fingerprint density at radius 3 is 2.63 bits per heavy atom. The summed E-state index contributed by atoms with van der Waals surface area (Å²) in [4.78, 5) is 4.10. The number of pyridine rings is 1. The average molecular weight is 279 g/mol. The lowest BCUT2D eigenvalue weighted by atomic mass is 10.00. The van der Waals surface area contributed by atoms with Gasteiger partial charge < -0.3 is 15.2 Å². The van der Waals surface area contributed by atoms with Crippen LogP contribution in [0.25, 0.3) is 0 Å². The number of hydrogen-bond acceptors (Lipinski definition) is 4. The fourth-order valence-electron chi connectivity index (χ4n) is 1.84. The number of nitrogens with two attached hydrogens (primary N) is 1. The predicted molar refractivity (Wildman–Crippen MR) is 74.8 cm³/mol. The van der Waals surface area contributed by atoms with E-state index in [4.69, 9.17) is 26.8 Å². The van der Waals surface area contributed by atoms with E-state index >= 15 is 0 Å². The van der Waals surface area contributed by atoms with Crippen molar-refractivity contribution in [1.82, 2.24) is 4.98 Å². The van der Waals surface area contributed by atoms with Gasteiger partial charge in [-0.3, -0.25) is 4.98 Å². The SMILES string of the molecule is COc1cncc(C(N)c2ccc(Cl)cc2OC)c1. The quantitative estimate of drug-likeness (QED) is 0.934. The largest absolute Gasteiger partial charge is 0.496 e. The first-order valence-corrected chi connectivity index (χ1v) is 6.11. The van der Waals surface area contributed by atoms with E-state index in [-0.39, 0.29) is 6.04 Å². The van der Waals surface area contributed by atoms with Gasteiger partial charge in [0.05, 0.1) is 26.5 Å². The van der Waals surface area contributed by atoms with Crippen molar-refractivity contribution in [3.05, 3.63) is 52.8 Å². The van der Waals surface area contributed by atoms with Gasteiger partial charge in [0, 0.05) is 16.8 Å². The van der Waals surface area contributed by atoms with Gasteiger partial charge in [0.1, 0.15) is 11.5 Å². The molecule has 0 saturated carbocycles. The van der Waals surface area contributed by atoms with E-state index in [1.54, 1.807) is 38.7 Å². The number of nitrogens with zero attached hydrogens (tertiary/aromatic N) is 1. The molecular weight excluding hydrogens is 264 g/mol. The van der Waals surface area contributed by atoms with Crippen LogP contribution in [0.5, 0.6) is 11.5 Å². The lowest BCUT2D eigenvalue weighted by Gasteiger charge is -2.16. The summed E-state index contributed by atoms with van der Waals surface area (Å²) in [6.07, 6.45) is 3.34. The molecule has 0 radical (unpaired) electrons. The Bertz CT molecular complexity index is 575. The molecule has 100 valence electrons. The molecule has 19 heavy (non-hydrogen) atoms. The summed E-state index contributed by atoms with van der Waals surface area (Å²) in [7, 11) is 3.18. The second-order valence-electron chi connectivity index (χ2n) is 4.02. The Morgan fingerprint density at radius 1 is 1.16 bits per heavy atom. The van der Waals surface area contributed by atoms with Crippen molar-refractivity contribution >= 4 is 11.6 Å². The van der Waals surface area contributed by atoms with Crippen LogP contribution in [0.15, 0.2) is 36.7 Å². The molecule has 1 atom stereocenters. The number of methoxy groups -OCH3 is 2. The highest BCUT2D eigenvalue weighted by molar-refractivity contribution is 6.30. The van der Waals surface area contributed by atoms with Crippen LogP contribution >= 0.6 is 11.6 Å². The molecule has 5 heteroatoms. The van der Waals surface area contributed by atoms with Crippen LogP contribution in [0.2, 0.25) is 5.02 Å². The molecule has 0 bridgehead atoms. The number of aromatic nitrogens is 1. The second-order valence-corrected chi connectivity index (χ2v) is 4.46. The summed E-state index contributed by atoms with van der Waals surface area (Å²) >= 11 is 5.94. The molecule has 2 aromatic rings. The first-order chi connectivity index (χ1) is 9.15. The molecule has 0 spiro atoms. The third-order valence-electron chi connectivity index (χ3n) is 2.86. The van der Waals surface area contributed by atoms with Crippen molar-refractivity contribution in [3.63, 3.8) is 0 Å². The van der Waals surface area contributed by atoms with Crippen LogP contribution in [0.3, 0.4) is 0 Å². The summed E-state index contributed by atoms with van der Waals surface area (Å²) in [5.41, 5.74) is 7.94. The van der Waals surface area contributed by atoms with Crippen molar-refractivity contribution in [3.8, 4) is 11.5 Å². The van der Waals surface area contributed by atoms with Crippen LogP contribution in [0.1, 0.15) is 17.2 Å². The zero-order valence-corrected chi connectivity index (χ0v) is 11.5. The minimum Gasteiger partial charge on any atom is -0.496 e. The molecule has 0 saturated heterocycles. The van der Waals surface area contributed by atoms with Gasteiger partial charge in [-0.2, -0.15) is 0 Å². The molecule has 1 aromatic carbocycles. The molecule has 1 heterocycles. The van der Waals surface area contributed by atoms with Crippen molar-refractivity contribution in [2.24, 2.45) is 5.73 Å². The Kier molecular flexibility index (Phi) is 4.24. The van der Waals surface area contributed by atoms with Gasteiger partial charge in [-0.1, -0.05) is 17.7 Å². The number of rotatable bonds is 4. The maximum absolute atomic E-state index is 6.25. The fourth-order valence-corrected chi connectivity index (χ4v) is 2.00. The molecule has 0 aliphatic carbocycles. The number of benzene rings is 1. The minimum atomic E-state index is -0.352. The standard InChI is InChI=1S/C14H15ClN2O2/c1-18-11-5-9(7-17-8-11)14(16)12-4-3-10(15)6-13(12)19-2/h3-8,14H,16H2,1-2H3. The van der Waals surface area contributed by atoms with E-state index in [1.165, 1.54) is 0 Å². The smallest absolute Gasteiger partial charge is 0.137 e. The van der Waals surface area contributed by atoms with Gasteiger partial charge in [-0.25, -0.2) is 0 Å². The molecule has 0 aliphatic rings. The van der Waals surface area contributed by atoms with Gasteiger partial charge in [0.25, 0.3) is 0 Å². The predicted octanol–water partition coefficient (Wildman–Crippen LogP) is 2.80. The van der Waals surface area contributed by atoms with E-state index in [1.807, 2.05) is 12.1 Å². The first kappa shape index (κ1) is 13.6. The minimum absolute atomic E-state index is 0.352. The van der Waals surface area contributed by atoms with Crippen LogP contribution in [-0.4, -0.2) is 19.2 Å². The summed E-state index contributed by atoms with van der Waals surface area (Å²) in [5, 5.41) is 0.608. The molecule has 1 unspecified atom stereocenters. The van der Waals surface area contributed by atoms with Crippen LogP contribution < -0.4 is 15.2 Å². The number of halogens is 1. The normalized spacial score (nSPS) is 12.0. The first-order valence-electron chi connectivity index (χ1n) is 5.73. The molecular formula is C14H15ClN2O2. The van der Waals surface area contributed by atoms with E-state index in [9.17, 15) is 0 Å². The van der Waals surface area contributed by atoms with Crippen molar-refractivity contribution in [2.45, 2.75) is 6.04 Å². The lowest BCUT2D eigenvalue weighted by Crippen LogP contribution is -2.13. The molecule has 1 aromatic heterocycles. The highest BCUT2D eigenvalue weighted by Gasteiger charge is 2.15. The second kappa shape index (κ2) is 5.91. The zero-order chi connectivity index (χ0) is 13.8.